The van der Waals surface area contributed by atoms with Crippen molar-refractivity contribution in [1.29, 1.82) is 0 Å². The summed E-state index contributed by atoms with van der Waals surface area (Å²) >= 11 is 0. The molecular formula is C16H27N. The van der Waals surface area contributed by atoms with E-state index in [-0.39, 0.29) is 6.04 Å². The minimum atomic E-state index is 0.255. The predicted molar refractivity (Wildman–Crippen MR) is 77.7 cm³/mol. The lowest BCUT2D eigenvalue weighted by Gasteiger charge is -2.35. The van der Waals surface area contributed by atoms with Crippen LogP contribution in [0.2, 0.25) is 0 Å². The van der Waals surface area contributed by atoms with Crippen LogP contribution in [0.1, 0.15) is 59.3 Å². The summed E-state index contributed by atoms with van der Waals surface area (Å²) in [5, 5.41) is 0. The van der Waals surface area contributed by atoms with Crippen molar-refractivity contribution < 1.29 is 0 Å². The quantitative estimate of drug-likeness (QED) is 0.471. The molecular weight excluding hydrogens is 206 g/mol. The van der Waals surface area contributed by atoms with Gasteiger partial charge in [-0.2, -0.15) is 0 Å². The zero-order valence-electron chi connectivity index (χ0n) is 11.7. The summed E-state index contributed by atoms with van der Waals surface area (Å²) in [4.78, 5) is 4.50. The number of hydrogen-bond donors (Lipinski definition) is 0. The highest BCUT2D eigenvalue weighted by Crippen LogP contribution is 2.41. The van der Waals surface area contributed by atoms with Crippen molar-refractivity contribution in [3.8, 4) is 0 Å². The second-order valence-corrected chi connectivity index (χ2v) is 5.71. The second kappa shape index (κ2) is 6.78. The van der Waals surface area contributed by atoms with Crippen molar-refractivity contribution >= 4 is 6.21 Å². The topological polar surface area (TPSA) is 12.4 Å². The van der Waals surface area contributed by atoms with Gasteiger partial charge in [-0.05, 0) is 44.6 Å². The molecule has 17 heavy (non-hydrogen) atoms. The van der Waals surface area contributed by atoms with Gasteiger partial charge in [0.15, 0.2) is 0 Å². The molecule has 1 rings (SSSR count). The normalized spacial score (nSPS) is 22.1. The van der Waals surface area contributed by atoms with Gasteiger partial charge >= 0.3 is 0 Å². The van der Waals surface area contributed by atoms with Crippen LogP contribution in [0.15, 0.2) is 29.3 Å². The number of aliphatic imine (C=N–C) groups is 1. The first-order valence-corrected chi connectivity index (χ1v) is 6.89. The van der Waals surface area contributed by atoms with E-state index in [0.29, 0.717) is 5.41 Å². The molecule has 1 atom stereocenters. The molecule has 0 spiro atoms. The van der Waals surface area contributed by atoms with Gasteiger partial charge in [-0.1, -0.05) is 44.4 Å². The lowest BCUT2D eigenvalue weighted by Crippen LogP contribution is -2.22. The summed E-state index contributed by atoms with van der Waals surface area (Å²) in [5.74, 6) is 0. The van der Waals surface area contributed by atoms with Gasteiger partial charge < -0.3 is 0 Å². The molecule has 1 aliphatic rings. The molecule has 1 unspecified atom stereocenters. The molecule has 1 fully saturated rings. The average molecular weight is 233 g/mol. The van der Waals surface area contributed by atoms with Gasteiger partial charge in [0.2, 0.25) is 0 Å². The van der Waals surface area contributed by atoms with Crippen LogP contribution in [0.4, 0.5) is 0 Å². The Morgan fingerprint density at radius 3 is 2.59 bits per heavy atom. The maximum Gasteiger partial charge on any atom is 0.0678 e. The van der Waals surface area contributed by atoms with Crippen LogP contribution in [-0.4, -0.2) is 12.3 Å². The molecule has 1 saturated carbocycles. The van der Waals surface area contributed by atoms with Crippen LogP contribution < -0.4 is 0 Å². The molecule has 0 N–H and O–H groups in total. The summed E-state index contributed by atoms with van der Waals surface area (Å²) in [7, 11) is 0. The van der Waals surface area contributed by atoms with E-state index >= 15 is 0 Å². The lowest BCUT2D eigenvalue weighted by molar-refractivity contribution is 0.212. The third-order valence-corrected chi connectivity index (χ3v) is 3.89. The van der Waals surface area contributed by atoms with Gasteiger partial charge in [0.1, 0.15) is 0 Å². The van der Waals surface area contributed by atoms with Crippen molar-refractivity contribution in [2.45, 2.75) is 65.3 Å². The average Bonchev–Trinajstić information content (AvgIpc) is 2.29. The van der Waals surface area contributed by atoms with Crippen molar-refractivity contribution in [1.82, 2.24) is 0 Å². The van der Waals surface area contributed by atoms with E-state index in [2.05, 4.69) is 25.4 Å². The fraction of sp³-hybridized carbons (Fsp3) is 0.688. The molecule has 0 aliphatic heterocycles. The molecule has 1 aliphatic carbocycles. The Bertz CT molecular complexity index is 293. The van der Waals surface area contributed by atoms with Crippen molar-refractivity contribution in [2.75, 3.05) is 0 Å². The fourth-order valence-corrected chi connectivity index (χ4v) is 2.65. The van der Waals surface area contributed by atoms with Crippen LogP contribution >= 0.6 is 0 Å². The van der Waals surface area contributed by atoms with Gasteiger partial charge in [-0.15, -0.1) is 0 Å². The van der Waals surface area contributed by atoms with E-state index in [1.54, 1.807) is 0 Å². The van der Waals surface area contributed by atoms with Gasteiger partial charge in [0.25, 0.3) is 0 Å². The highest BCUT2D eigenvalue weighted by Gasteiger charge is 2.28. The molecule has 0 aromatic heterocycles. The highest BCUT2D eigenvalue weighted by atomic mass is 14.8. The largest absolute Gasteiger partial charge is 0.286 e. The van der Waals surface area contributed by atoms with Crippen molar-refractivity contribution in [3.05, 3.63) is 24.3 Å². The summed E-state index contributed by atoms with van der Waals surface area (Å²) in [6, 6.07) is 0.255. The third kappa shape index (κ3) is 4.89. The summed E-state index contributed by atoms with van der Waals surface area (Å²) < 4.78 is 0. The Hall–Kier alpha value is -0.850. The molecule has 0 aromatic rings. The Kier molecular flexibility index (Phi) is 5.67. The predicted octanol–water partition coefficient (Wildman–Crippen LogP) is 4.94. The number of rotatable bonds is 5. The van der Waals surface area contributed by atoms with Crippen LogP contribution in [-0.2, 0) is 0 Å². The van der Waals surface area contributed by atoms with E-state index in [4.69, 9.17) is 0 Å². The molecule has 96 valence electrons. The monoisotopic (exact) mass is 233 g/mol. The lowest BCUT2D eigenvalue weighted by atomic mass is 9.71. The fourth-order valence-electron chi connectivity index (χ4n) is 2.65. The molecule has 0 saturated heterocycles. The maximum absolute atomic E-state index is 4.50. The number of allylic oxidation sites excluding steroid dienone is 2. The SMILES string of the molecule is C=C(CC1(C)CCCCC1)C(C)N=C/C=C/C. The van der Waals surface area contributed by atoms with E-state index in [9.17, 15) is 0 Å². The zero-order chi connectivity index (χ0) is 12.7. The highest BCUT2D eigenvalue weighted by molar-refractivity contribution is 5.71. The van der Waals surface area contributed by atoms with E-state index in [1.165, 1.54) is 37.7 Å². The van der Waals surface area contributed by atoms with Crippen LogP contribution in [0.25, 0.3) is 0 Å². The molecule has 0 radical (unpaired) electrons. The van der Waals surface area contributed by atoms with Crippen LogP contribution in [0, 0.1) is 5.41 Å². The Balaban J connectivity index is 2.47. The molecule has 0 aromatic carbocycles. The van der Waals surface area contributed by atoms with Crippen molar-refractivity contribution in [2.24, 2.45) is 10.4 Å². The van der Waals surface area contributed by atoms with Gasteiger partial charge in [0.05, 0.1) is 6.04 Å². The number of hydrogen-bond acceptors (Lipinski definition) is 1. The Morgan fingerprint density at radius 1 is 1.35 bits per heavy atom. The van der Waals surface area contributed by atoms with E-state index in [0.717, 1.165) is 6.42 Å². The van der Waals surface area contributed by atoms with E-state index in [1.807, 2.05) is 25.3 Å². The standard InChI is InChI=1S/C16H27N/c1-5-6-12-17-15(3)14(2)13-16(4)10-8-7-9-11-16/h5-6,12,15H,2,7-11,13H2,1,3-4H3/b6-5+,17-12?. The molecule has 1 nitrogen and oxygen atoms in total. The molecule has 0 bridgehead atoms. The van der Waals surface area contributed by atoms with E-state index < -0.39 is 0 Å². The first kappa shape index (κ1) is 14.2. The molecule has 1 heteroatoms. The Morgan fingerprint density at radius 2 is 2.00 bits per heavy atom. The minimum absolute atomic E-state index is 0.255. The third-order valence-electron chi connectivity index (χ3n) is 3.89. The van der Waals surface area contributed by atoms with Gasteiger partial charge in [-0.3, -0.25) is 4.99 Å². The maximum atomic E-state index is 4.50. The number of nitrogens with zero attached hydrogens (tertiary/aromatic N) is 1. The minimum Gasteiger partial charge on any atom is -0.286 e. The Labute approximate surface area is 107 Å². The van der Waals surface area contributed by atoms with Crippen LogP contribution in [0.5, 0.6) is 0 Å². The smallest absolute Gasteiger partial charge is 0.0678 e. The first-order chi connectivity index (χ1) is 8.07. The van der Waals surface area contributed by atoms with Gasteiger partial charge in [0, 0.05) is 6.21 Å². The summed E-state index contributed by atoms with van der Waals surface area (Å²) in [6.07, 6.45) is 13.9. The second-order valence-electron chi connectivity index (χ2n) is 5.71. The van der Waals surface area contributed by atoms with Gasteiger partial charge in [-0.25, -0.2) is 0 Å². The zero-order valence-corrected chi connectivity index (χ0v) is 11.7. The van der Waals surface area contributed by atoms with Crippen LogP contribution in [0.3, 0.4) is 0 Å². The summed E-state index contributed by atoms with van der Waals surface area (Å²) in [6.45, 7) is 10.8. The first-order valence-electron chi connectivity index (χ1n) is 6.89. The van der Waals surface area contributed by atoms with Crippen molar-refractivity contribution in [3.63, 3.8) is 0 Å². The molecule has 0 heterocycles. The molecule has 0 amide bonds. The summed E-state index contributed by atoms with van der Waals surface area (Å²) in [5.41, 5.74) is 1.77.